The Labute approximate surface area is 143 Å². The number of rotatable bonds is 3. The van der Waals surface area contributed by atoms with E-state index in [0.717, 1.165) is 29.4 Å². The Bertz CT molecular complexity index is 842. The molecule has 0 unspecified atom stereocenters. The number of carbonyl (C=O) groups excluding carboxylic acids is 1. The predicted octanol–water partition coefficient (Wildman–Crippen LogP) is 3.37. The molecule has 1 aliphatic rings. The second-order valence-corrected chi connectivity index (χ2v) is 6.60. The van der Waals surface area contributed by atoms with Crippen LogP contribution in [0.3, 0.4) is 0 Å². The lowest BCUT2D eigenvalue weighted by molar-refractivity contribution is 0.0588. The van der Waals surface area contributed by atoms with Gasteiger partial charge in [0.25, 0.3) is 5.91 Å². The summed E-state index contributed by atoms with van der Waals surface area (Å²) in [5.74, 6) is 0.663. The zero-order valence-corrected chi connectivity index (χ0v) is 13.9. The molecule has 1 aromatic carbocycles. The lowest BCUT2D eigenvalue weighted by atomic mass is 10.1. The Morgan fingerprint density at radius 1 is 1.17 bits per heavy atom. The SMILES string of the molecule is O=C(c1ccsc1)N1CCC(Oc2cnc3ccccc3n2)CC1. The fourth-order valence-corrected chi connectivity index (χ4v) is 3.54. The van der Waals surface area contributed by atoms with Gasteiger partial charge in [-0.1, -0.05) is 12.1 Å². The Hall–Kier alpha value is -2.47. The smallest absolute Gasteiger partial charge is 0.254 e. The summed E-state index contributed by atoms with van der Waals surface area (Å²) in [5, 5.41) is 3.83. The number of hydrogen-bond donors (Lipinski definition) is 0. The molecule has 3 heterocycles. The summed E-state index contributed by atoms with van der Waals surface area (Å²) in [4.78, 5) is 23.1. The highest BCUT2D eigenvalue weighted by molar-refractivity contribution is 7.08. The van der Waals surface area contributed by atoms with Gasteiger partial charge in [-0.2, -0.15) is 11.3 Å². The number of thiophene rings is 1. The Morgan fingerprint density at radius 2 is 1.96 bits per heavy atom. The van der Waals surface area contributed by atoms with Crippen molar-refractivity contribution in [3.8, 4) is 5.88 Å². The molecular weight excluding hydrogens is 322 g/mol. The fraction of sp³-hybridized carbons (Fsp3) is 0.278. The molecule has 122 valence electrons. The number of likely N-dealkylation sites (tertiary alicyclic amines) is 1. The Balaban J connectivity index is 1.38. The lowest BCUT2D eigenvalue weighted by Crippen LogP contribution is -2.41. The van der Waals surface area contributed by atoms with Crippen LogP contribution in [0.25, 0.3) is 11.0 Å². The molecule has 3 aromatic rings. The van der Waals surface area contributed by atoms with Crippen LogP contribution in [0.1, 0.15) is 23.2 Å². The molecule has 0 N–H and O–H groups in total. The zero-order chi connectivity index (χ0) is 16.4. The van der Waals surface area contributed by atoms with Gasteiger partial charge in [-0.15, -0.1) is 0 Å². The average Bonchev–Trinajstić information content (AvgIpc) is 3.16. The highest BCUT2D eigenvalue weighted by Gasteiger charge is 2.25. The molecule has 0 atom stereocenters. The van der Waals surface area contributed by atoms with Crippen molar-refractivity contribution in [3.63, 3.8) is 0 Å². The van der Waals surface area contributed by atoms with Crippen molar-refractivity contribution in [2.24, 2.45) is 0 Å². The van der Waals surface area contributed by atoms with Crippen LogP contribution in [0.4, 0.5) is 0 Å². The van der Waals surface area contributed by atoms with E-state index in [1.54, 1.807) is 17.5 Å². The normalized spacial score (nSPS) is 15.6. The molecule has 6 heteroatoms. The number of amides is 1. The van der Waals surface area contributed by atoms with E-state index in [2.05, 4.69) is 9.97 Å². The molecule has 1 saturated heterocycles. The number of ether oxygens (including phenoxy) is 1. The molecule has 24 heavy (non-hydrogen) atoms. The van der Waals surface area contributed by atoms with Crippen molar-refractivity contribution in [1.82, 2.24) is 14.9 Å². The molecule has 1 aliphatic heterocycles. The highest BCUT2D eigenvalue weighted by Crippen LogP contribution is 2.20. The average molecular weight is 339 g/mol. The first-order chi connectivity index (χ1) is 11.8. The second-order valence-electron chi connectivity index (χ2n) is 5.82. The minimum atomic E-state index is 0.0759. The minimum absolute atomic E-state index is 0.0759. The van der Waals surface area contributed by atoms with E-state index in [4.69, 9.17) is 4.74 Å². The third kappa shape index (κ3) is 3.10. The molecule has 0 spiro atoms. The van der Waals surface area contributed by atoms with E-state index in [1.165, 1.54) is 0 Å². The molecule has 1 fully saturated rings. The van der Waals surface area contributed by atoms with E-state index in [9.17, 15) is 4.79 Å². The summed E-state index contributed by atoms with van der Waals surface area (Å²) in [5.41, 5.74) is 2.47. The quantitative estimate of drug-likeness (QED) is 0.734. The number of benzene rings is 1. The van der Waals surface area contributed by atoms with Crippen LogP contribution in [-0.4, -0.2) is 40.0 Å². The van der Waals surface area contributed by atoms with Crippen molar-refractivity contribution in [1.29, 1.82) is 0 Å². The van der Waals surface area contributed by atoms with Gasteiger partial charge < -0.3 is 9.64 Å². The summed E-state index contributed by atoms with van der Waals surface area (Å²) in [6, 6.07) is 9.62. The van der Waals surface area contributed by atoms with Gasteiger partial charge in [0.15, 0.2) is 0 Å². The first kappa shape index (κ1) is 15.1. The lowest BCUT2D eigenvalue weighted by Gasteiger charge is -2.31. The fourth-order valence-electron chi connectivity index (χ4n) is 2.91. The summed E-state index contributed by atoms with van der Waals surface area (Å²) in [6.07, 6.45) is 3.37. The predicted molar refractivity (Wildman–Crippen MR) is 93.4 cm³/mol. The maximum atomic E-state index is 12.3. The van der Waals surface area contributed by atoms with Crippen molar-refractivity contribution in [3.05, 3.63) is 52.9 Å². The second kappa shape index (κ2) is 6.57. The van der Waals surface area contributed by atoms with Gasteiger partial charge in [-0.05, 0) is 23.6 Å². The molecular formula is C18H17N3O2S. The molecule has 2 aromatic heterocycles. The van der Waals surface area contributed by atoms with Crippen LogP contribution in [0.5, 0.6) is 5.88 Å². The summed E-state index contributed by atoms with van der Waals surface area (Å²) in [7, 11) is 0. The first-order valence-electron chi connectivity index (χ1n) is 7.99. The first-order valence-corrected chi connectivity index (χ1v) is 8.94. The molecule has 0 bridgehead atoms. The molecule has 0 radical (unpaired) electrons. The van der Waals surface area contributed by atoms with E-state index in [1.807, 2.05) is 46.0 Å². The Morgan fingerprint density at radius 3 is 2.71 bits per heavy atom. The van der Waals surface area contributed by atoms with Gasteiger partial charge in [0, 0.05) is 31.3 Å². The van der Waals surface area contributed by atoms with Crippen molar-refractivity contribution >= 4 is 28.3 Å². The van der Waals surface area contributed by atoms with Crippen LogP contribution >= 0.6 is 11.3 Å². The van der Waals surface area contributed by atoms with Gasteiger partial charge in [-0.3, -0.25) is 4.79 Å². The topological polar surface area (TPSA) is 55.3 Å². The van der Waals surface area contributed by atoms with Crippen molar-refractivity contribution < 1.29 is 9.53 Å². The molecule has 5 nitrogen and oxygen atoms in total. The summed E-state index contributed by atoms with van der Waals surface area (Å²) < 4.78 is 5.97. The van der Waals surface area contributed by atoms with E-state index < -0.39 is 0 Å². The van der Waals surface area contributed by atoms with E-state index in [0.29, 0.717) is 19.0 Å². The number of fused-ring (bicyclic) bond motifs is 1. The zero-order valence-electron chi connectivity index (χ0n) is 13.1. The number of hydrogen-bond acceptors (Lipinski definition) is 5. The molecule has 0 saturated carbocycles. The molecule has 4 rings (SSSR count). The number of para-hydroxylation sites is 2. The molecule has 1 amide bonds. The van der Waals surface area contributed by atoms with Gasteiger partial charge in [-0.25, -0.2) is 9.97 Å². The van der Waals surface area contributed by atoms with Crippen LogP contribution in [0, 0.1) is 0 Å². The number of carbonyl (C=O) groups is 1. The van der Waals surface area contributed by atoms with E-state index >= 15 is 0 Å². The maximum Gasteiger partial charge on any atom is 0.254 e. The van der Waals surface area contributed by atoms with Gasteiger partial charge in [0.05, 0.1) is 22.8 Å². The van der Waals surface area contributed by atoms with E-state index in [-0.39, 0.29) is 12.0 Å². The van der Waals surface area contributed by atoms with Crippen LogP contribution in [0.15, 0.2) is 47.3 Å². The standard InChI is InChI=1S/C18H17N3O2S/c22-18(13-7-10-24-12-13)21-8-5-14(6-9-21)23-17-11-19-15-3-1-2-4-16(15)20-17/h1-4,7,10-12,14H,5-6,8-9H2. The number of aromatic nitrogens is 2. The van der Waals surface area contributed by atoms with Gasteiger partial charge in [0.2, 0.25) is 5.88 Å². The number of piperidine rings is 1. The van der Waals surface area contributed by atoms with Crippen molar-refractivity contribution in [2.75, 3.05) is 13.1 Å². The van der Waals surface area contributed by atoms with Crippen LogP contribution < -0.4 is 4.74 Å². The number of nitrogens with zero attached hydrogens (tertiary/aromatic N) is 3. The highest BCUT2D eigenvalue weighted by atomic mass is 32.1. The maximum absolute atomic E-state index is 12.3. The van der Waals surface area contributed by atoms with Gasteiger partial charge in [0.1, 0.15) is 6.10 Å². The minimum Gasteiger partial charge on any atom is -0.473 e. The van der Waals surface area contributed by atoms with Crippen LogP contribution in [0.2, 0.25) is 0 Å². The summed E-state index contributed by atoms with van der Waals surface area (Å²) >= 11 is 1.55. The van der Waals surface area contributed by atoms with Crippen molar-refractivity contribution in [2.45, 2.75) is 18.9 Å². The monoisotopic (exact) mass is 339 g/mol. The van der Waals surface area contributed by atoms with Gasteiger partial charge >= 0.3 is 0 Å². The third-order valence-corrected chi connectivity index (χ3v) is 4.89. The van der Waals surface area contributed by atoms with Crippen LogP contribution in [-0.2, 0) is 0 Å². The largest absolute Gasteiger partial charge is 0.473 e. The Kier molecular flexibility index (Phi) is 4.13. The summed E-state index contributed by atoms with van der Waals surface area (Å²) in [6.45, 7) is 1.42. The molecule has 0 aliphatic carbocycles. The third-order valence-electron chi connectivity index (χ3n) is 4.21.